The molecule has 1 saturated carbocycles. The summed E-state index contributed by atoms with van der Waals surface area (Å²) < 4.78 is 6.99. The standard InChI is InChI=1S/C27H46O4Si/c1-27(2,3)32(4,5)31-25(22-13-9-8-10-14-22)20-18-21-17-19-24(28)23(21)15-11-6-7-12-16-26(29)30/h6,12,17,22-25,28H,8-11,13-16,18-20H2,1-5H3,(H,29,30)/t7?,23-,24+,25-/m1/s1. The first kappa shape index (κ1) is 27.1. The van der Waals surface area contributed by atoms with Gasteiger partial charge in [-0.3, -0.25) is 4.79 Å². The van der Waals surface area contributed by atoms with Gasteiger partial charge in [0.2, 0.25) is 0 Å². The van der Waals surface area contributed by atoms with Crippen LogP contribution in [-0.4, -0.2) is 36.7 Å². The first-order valence-corrected chi connectivity index (χ1v) is 15.6. The van der Waals surface area contributed by atoms with Crippen molar-refractivity contribution in [2.75, 3.05) is 0 Å². The van der Waals surface area contributed by atoms with Crippen LogP contribution in [0.25, 0.3) is 0 Å². The van der Waals surface area contributed by atoms with Gasteiger partial charge in [0.05, 0.1) is 12.5 Å². The van der Waals surface area contributed by atoms with Gasteiger partial charge in [0.15, 0.2) is 8.32 Å². The molecule has 1 fully saturated rings. The van der Waals surface area contributed by atoms with Crippen LogP contribution < -0.4 is 0 Å². The second kappa shape index (κ2) is 12.4. The Balaban J connectivity index is 1.98. The van der Waals surface area contributed by atoms with Crippen molar-refractivity contribution in [3.05, 3.63) is 29.5 Å². The molecule has 0 radical (unpaired) electrons. The second-order valence-electron chi connectivity index (χ2n) is 11.3. The van der Waals surface area contributed by atoms with Gasteiger partial charge in [0, 0.05) is 12.0 Å². The van der Waals surface area contributed by atoms with Gasteiger partial charge in [-0.25, -0.2) is 0 Å². The molecule has 0 amide bonds. The van der Waals surface area contributed by atoms with Crippen LogP contribution in [0.2, 0.25) is 18.1 Å². The molecule has 0 aromatic heterocycles. The topological polar surface area (TPSA) is 66.8 Å². The van der Waals surface area contributed by atoms with Crippen LogP contribution in [0.3, 0.4) is 0 Å². The zero-order valence-electron chi connectivity index (χ0n) is 21.0. The number of aliphatic hydroxyl groups excluding tert-OH is 1. The zero-order chi connectivity index (χ0) is 23.8. The summed E-state index contributed by atoms with van der Waals surface area (Å²) in [6.45, 7) is 11.7. The maximum atomic E-state index is 10.6. The minimum absolute atomic E-state index is 0.00445. The third-order valence-corrected chi connectivity index (χ3v) is 12.3. The Kier molecular flexibility index (Phi) is 10.5. The summed E-state index contributed by atoms with van der Waals surface area (Å²) in [7, 11) is -1.83. The summed E-state index contributed by atoms with van der Waals surface area (Å²) in [6.07, 6.45) is 16.8. The van der Waals surface area contributed by atoms with E-state index >= 15 is 0 Å². The van der Waals surface area contributed by atoms with Crippen molar-refractivity contribution < 1.29 is 19.4 Å². The molecule has 2 aliphatic carbocycles. The maximum absolute atomic E-state index is 10.6. The predicted molar refractivity (Wildman–Crippen MR) is 134 cm³/mol. The van der Waals surface area contributed by atoms with E-state index < -0.39 is 14.3 Å². The molecular formula is C27H46O4Si. The molecule has 0 aromatic rings. The summed E-state index contributed by atoms with van der Waals surface area (Å²) in [6, 6.07) is 0. The van der Waals surface area contributed by atoms with E-state index in [0.29, 0.717) is 12.0 Å². The molecule has 2 aliphatic rings. The predicted octanol–water partition coefficient (Wildman–Crippen LogP) is 7.01. The van der Waals surface area contributed by atoms with E-state index in [0.717, 1.165) is 32.1 Å². The molecule has 0 bridgehead atoms. The summed E-state index contributed by atoms with van der Waals surface area (Å²) >= 11 is 0. The maximum Gasteiger partial charge on any atom is 0.307 e. The fraction of sp³-hybridized carbons (Fsp3) is 0.778. The first-order chi connectivity index (χ1) is 15.0. The third kappa shape index (κ3) is 8.33. The largest absolute Gasteiger partial charge is 0.481 e. The van der Waals surface area contributed by atoms with Gasteiger partial charge >= 0.3 is 5.97 Å². The Morgan fingerprint density at radius 1 is 1.25 bits per heavy atom. The average Bonchev–Trinajstić information content (AvgIpc) is 3.07. The SMILES string of the molecule is CC(C)(C)[Si](C)(C)O[C@H](CCC1=CC[C@H](O)[C@@H]1CCC=C=CCC(=O)O)C1CCCCC1. The normalized spacial score (nSPS) is 23.4. The summed E-state index contributed by atoms with van der Waals surface area (Å²) in [5.41, 5.74) is 4.35. The zero-order valence-corrected chi connectivity index (χ0v) is 22.0. The van der Waals surface area contributed by atoms with Crippen molar-refractivity contribution >= 4 is 14.3 Å². The molecule has 32 heavy (non-hydrogen) atoms. The Bertz CT molecular complexity index is 691. The highest BCUT2D eigenvalue weighted by molar-refractivity contribution is 6.74. The molecule has 0 aromatic carbocycles. The molecule has 2 rings (SSSR count). The fourth-order valence-corrected chi connectivity index (χ4v) is 6.26. The summed E-state index contributed by atoms with van der Waals surface area (Å²) in [5.74, 6) is 0.0349. The highest BCUT2D eigenvalue weighted by Gasteiger charge is 2.41. The molecule has 182 valence electrons. The van der Waals surface area contributed by atoms with Crippen LogP contribution >= 0.6 is 0 Å². The molecule has 0 aliphatic heterocycles. The van der Waals surface area contributed by atoms with E-state index in [9.17, 15) is 9.90 Å². The lowest BCUT2D eigenvalue weighted by Gasteiger charge is -2.42. The molecule has 0 heterocycles. The van der Waals surface area contributed by atoms with Gasteiger partial charge < -0.3 is 14.6 Å². The lowest BCUT2D eigenvalue weighted by atomic mass is 9.82. The Hall–Kier alpha value is -1.13. The van der Waals surface area contributed by atoms with Crippen LogP contribution in [0.1, 0.15) is 91.4 Å². The molecule has 4 nitrogen and oxygen atoms in total. The number of aliphatic hydroxyl groups is 1. The lowest BCUT2D eigenvalue weighted by molar-refractivity contribution is -0.136. The van der Waals surface area contributed by atoms with Gasteiger partial charge in [-0.15, -0.1) is 5.73 Å². The van der Waals surface area contributed by atoms with Crippen LogP contribution in [-0.2, 0) is 9.22 Å². The average molecular weight is 463 g/mol. The molecule has 0 spiro atoms. The van der Waals surface area contributed by atoms with E-state index in [-0.39, 0.29) is 23.5 Å². The fourth-order valence-electron chi connectivity index (χ4n) is 4.84. The number of rotatable bonds is 11. The van der Waals surface area contributed by atoms with Crippen molar-refractivity contribution in [3.63, 3.8) is 0 Å². The van der Waals surface area contributed by atoms with Gasteiger partial charge in [-0.2, -0.15) is 0 Å². The van der Waals surface area contributed by atoms with E-state index in [1.165, 1.54) is 37.7 Å². The Morgan fingerprint density at radius 3 is 2.56 bits per heavy atom. The molecule has 2 N–H and O–H groups in total. The molecule has 5 heteroatoms. The van der Waals surface area contributed by atoms with E-state index in [2.05, 4.69) is 45.7 Å². The van der Waals surface area contributed by atoms with Crippen LogP contribution in [0, 0.1) is 11.8 Å². The van der Waals surface area contributed by atoms with Crippen LogP contribution in [0.4, 0.5) is 0 Å². The third-order valence-electron chi connectivity index (χ3n) is 7.84. The number of aliphatic carboxylic acids is 1. The lowest BCUT2D eigenvalue weighted by Crippen LogP contribution is -2.46. The van der Waals surface area contributed by atoms with Gasteiger partial charge in [-0.1, -0.05) is 51.7 Å². The van der Waals surface area contributed by atoms with E-state index in [4.69, 9.17) is 9.53 Å². The molecule has 3 atom stereocenters. The van der Waals surface area contributed by atoms with E-state index in [1.54, 1.807) is 6.08 Å². The van der Waals surface area contributed by atoms with Crippen LogP contribution in [0.5, 0.6) is 0 Å². The Labute approximate surface area is 197 Å². The van der Waals surface area contributed by atoms with Crippen molar-refractivity contribution in [2.45, 2.75) is 122 Å². The van der Waals surface area contributed by atoms with Crippen molar-refractivity contribution in [1.29, 1.82) is 0 Å². The second-order valence-corrected chi connectivity index (χ2v) is 16.0. The molecule has 0 unspecified atom stereocenters. The minimum atomic E-state index is -1.83. The molecule has 0 saturated heterocycles. The smallest absolute Gasteiger partial charge is 0.307 e. The van der Waals surface area contributed by atoms with E-state index in [1.807, 2.05) is 6.08 Å². The van der Waals surface area contributed by atoms with Crippen LogP contribution in [0.15, 0.2) is 29.5 Å². The number of hydrogen-bond donors (Lipinski definition) is 2. The summed E-state index contributed by atoms with van der Waals surface area (Å²) in [4.78, 5) is 10.6. The monoisotopic (exact) mass is 462 g/mol. The van der Waals surface area contributed by atoms with Gasteiger partial charge in [-0.05, 0) is 81.1 Å². The number of carbonyl (C=O) groups is 1. The first-order valence-electron chi connectivity index (χ1n) is 12.7. The molecular weight excluding hydrogens is 416 g/mol. The van der Waals surface area contributed by atoms with Crippen molar-refractivity contribution in [2.24, 2.45) is 11.8 Å². The highest BCUT2D eigenvalue weighted by atomic mass is 28.4. The Morgan fingerprint density at radius 2 is 1.94 bits per heavy atom. The number of carboxylic acids is 1. The van der Waals surface area contributed by atoms with Crippen molar-refractivity contribution in [1.82, 2.24) is 0 Å². The summed E-state index contributed by atoms with van der Waals surface area (Å²) in [5, 5.41) is 19.5. The minimum Gasteiger partial charge on any atom is -0.481 e. The number of hydrogen-bond acceptors (Lipinski definition) is 3. The number of carboxylic acid groups (broad SMARTS) is 1. The quantitative estimate of drug-likeness (QED) is 0.197. The highest BCUT2D eigenvalue weighted by Crippen LogP contribution is 2.42. The van der Waals surface area contributed by atoms with Gasteiger partial charge in [0.1, 0.15) is 0 Å². The van der Waals surface area contributed by atoms with Crippen molar-refractivity contribution in [3.8, 4) is 0 Å². The van der Waals surface area contributed by atoms with Gasteiger partial charge in [0.25, 0.3) is 0 Å².